The summed E-state index contributed by atoms with van der Waals surface area (Å²) in [6.45, 7) is 7.55. The van der Waals surface area contributed by atoms with E-state index in [9.17, 15) is 4.79 Å². The molecule has 0 amide bonds. The standard InChI is InChI=1S/C23H26N4O2S/c1-4-29-20-12-8-5-9-17(20)15-30-23-25-24-22-26(14-13-16(2)3)21(28)18-10-6-7-11-19(18)27(22)23/h5-12,16H,4,13-15H2,1-3H3. The maximum atomic E-state index is 13.1. The second-order valence-electron chi connectivity index (χ2n) is 7.60. The van der Waals surface area contributed by atoms with Crippen molar-refractivity contribution in [3.8, 4) is 5.75 Å². The molecule has 0 radical (unpaired) electrons. The monoisotopic (exact) mass is 422 g/mol. The SMILES string of the molecule is CCOc1ccccc1CSc1nnc2n(CCC(C)C)c(=O)c3ccccc3n12. The molecule has 6 nitrogen and oxygen atoms in total. The first-order valence-electron chi connectivity index (χ1n) is 10.3. The van der Waals surface area contributed by atoms with Crippen molar-refractivity contribution in [2.24, 2.45) is 5.92 Å². The van der Waals surface area contributed by atoms with Crippen LogP contribution in [0.5, 0.6) is 5.75 Å². The summed E-state index contributed by atoms with van der Waals surface area (Å²) in [4.78, 5) is 13.1. The summed E-state index contributed by atoms with van der Waals surface area (Å²) in [6, 6.07) is 15.7. The van der Waals surface area contributed by atoms with E-state index < -0.39 is 0 Å². The Morgan fingerprint density at radius 3 is 2.63 bits per heavy atom. The van der Waals surface area contributed by atoms with Crippen LogP contribution in [0.4, 0.5) is 0 Å². The van der Waals surface area contributed by atoms with Crippen LogP contribution in [0.15, 0.2) is 58.5 Å². The van der Waals surface area contributed by atoms with Crippen LogP contribution in [-0.4, -0.2) is 25.8 Å². The van der Waals surface area contributed by atoms with Gasteiger partial charge >= 0.3 is 0 Å². The number of aryl methyl sites for hydroxylation is 1. The second kappa shape index (κ2) is 8.92. The van der Waals surface area contributed by atoms with Gasteiger partial charge in [-0.25, -0.2) is 0 Å². The van der Waals surface area contributed by atoms with Gasteiger partial charge in [0.25, 0.3) is 5.56 Å². The molecule has 0 bridgehead atoms. The van der Waals surface area contributed by atoms with E-state index in [-0.39, 0.29) is 5.56 Å². The smallest absolute Gasteiger partial charge is 0.262 e. The van der Waals surface area contributed by atoms with Crippen LogP contribution in [0.2, 0.25) is 0 Å². The summed E-state index contributed by atoms with van der Waals surface area (Å²) in [5, 5.41) is 10.3. The number of benzene rings is 2. The average Bonchev–Trinajstić information content (AvgIpc) is 3.17. The fourth-order valence-corrected chi connectivity index (χ4v) is 4.41. The number of fused-ring (bicyclic) bond motifs is 3. The molecule has 0 fully saturated rings. The number of para-hydroxylation sites is 2. The van der Waals surface area contributed by atoms with Crippen LogP contribution >= 0.6 is 11.8 Å². The molecule has 0 spiro atoms. The molecule has 0 aliphatic rings. The summed E-state index contributed by atoms with van der Waals surface area (Å²) < 4.78 is 9.51. The lowest BCUT2D eigenvalue weighted by atomic mass is 10.1. The molecule has 4 rings (SSSR count). The Kier molecular flexibility index (Phi) is 6.08. The van der Waals surface area contributed by atoms with Gasteiger partial charge in [0.15, 0.2) is 5.16 Å². The number of ether oxygens (including phenoxy) is 1. The van der Waals surface area contributed by atoms with Gasteiger partial charge < -0.3 is 4.74 Å². The Balaban J connectivity index is 1.78. The van der Waals surface area contributed by atoms with E-state index in [1.807, 2.05) is 53.8 Å². The predicted molar refractivity (Wildman–Crippen MR) is 121 cm³/mol. The van der Waals surface area contributed by atoms with E-state index in [0.717, 1.165) is 28.4 Å². The first kappa shape index (κ1) is 20.5. The highest BCUT2D eigenvalue weighted by molar-refractivity contribution is 7.98. The van der Waals surface area contributed by atoms with Gasteiger partial charge in [-0.15, -0.1) is 10.2 Å². The largest absolute Gasteiger partial charge is 0.494 e. The fraction of sp³-hybridized carbons (Fsp3) is 0.348. The lowest BCUT2D eigenvalue weighted by molar-refractivity contribution is 0.337. The Morgan fingerprint density at radius 2 is 1.83 bits per heavy atom. The molecule has 0 atom stereocenters. The highest BCUT2D eigenvalue weighted by atomic mass is 32.2. The lowest BCUT2D eigenvalue weighted by Crippen LogP contribution is -2.24. The van der Waals surface area contributed by atoms with Crippen LogP contribution < -0.4 is 10.3 Å². The van der Waals surface area contributed by atoms with Crippen LogP contribution in [0.1, 0.15) is 32.8 Å². The highest BCUT2D eigenvalue weighted by Crippen LogP contribution is 2.28. The molecule has 0 aliphatic heterocycles. The maximum Gasteiger partial charge on any atom is 0.262 e. The van der Waals surface area contributed by atoms with Crippen LogP contribution in [-0.2, 0) is 12.3 Å². The van der Waals surface area contributed by atoms with Gasteiger partial charge in [0.05, 0.1) is 17.5 Å². The van der Waals surface area contributed by atoms with Crippen molar-refractivity contribution in [2.45, 2.75) is 44.6 Å². The van der Waals surface area contributed by atoms with E-state index in [4.69, 9.17) is 4.74 Å². The average molecular weight is 423 g/mol. The maximum absolute atomic E-state index is 13.1. The van der Waals surface area contributed by atoms with Gasteiger partial charge in [-0.3, -0.25) is 13.8 Å². The van der Waals surface area contributed by atoms with Gasteiger partial charge in [-0.1, -0.05) is 55.9 Å². The van der Waals surface area contributed by atoms with Crippen molar-refractivity contribution >= 4 is 28.4 Å². The van der Waals surface area contributed by atoms with E-state index >= 15 is 0 Å². The van der Waals surface area contributed by atoms with Crippen molar-refractivity contribution in [1.29, 1.82) is 0 Å². The second-order valence-corrected chi connectivity index (χ2v) is 8.55. The van der Waals surface area contributed by atoms with Gasteiger partial charge in [0, 0.05) is 17.9 Å². The van der Waals surface area contributed by atoms with E-state index in [0.29, 0.717) is 36.0 Å². The van der Waals surface area contributed by atoms with Gasteiger partial charge in [-0.2, -0.15) is 0 Å². The first-order chi connectivity index (χ1) is 14.6. The van der Waals surface area contributed by atoms with Crippen LogP contribution in [0, 0.1) is 5.92 Å². The number of hydrogen-bond acceptors (Lipinski definition) is 5. The molecular formula is C23H26N4O2S. The summed E-state index contributed by atoms with van der Waals surface area (Å²) in [6.07, 6.45) is 0.908. The molecule has 0 N–H and O–H groups in total. The number of aromatic nitrogens is 4. The van der Waals surface area contributed by atoms with Crippen molar-refractivity contribution in [2.75, 3.05) is 6.61 Å². The lowest BCUT2D eigenvalue weighted by Gasteiger charge is -2.12. The van der Waals surface area contributed by atoms with Gasteiger partial charge in [0.1, 0.15) is 5.75 Å². The molecule has 30 heavy (non-hydrogen) atoms. The molecule has 4 aromatic rings. The third-order valence-electron chi connectivity index (χ3n) is 5.04. The summed E-state index contributed by atoms with van der Waals surface area (Å²) in [7, 11) is 0. The third-order valence-corrected chi connectivity index (χ3v) is 6.02. The molecule has 0 saturated carbocycles. The zero-order valence-electron chi connectivity index (χ0n) is 17.5. The number of hydrogen-bond donors (Lipinski definition) is 0. The zero-order valence-corrected chi connectivity index (χ0v) is 18.4. The molecule has 0 saturated heterocycles. The number of nitrogens with zero attached hydrogens (tertiary/aromatic N) is 4. The Bertz CT molecular complexity index is 1230. The molecular weight excluding hydrogens is 396 g/mol. The topological polar surface area (TPSA) is 61.4 Å². The molecule has 2 aromatic carbocycles. The van der Waals surface area contributed by atoms with Gasteiger partial charge in [-0.05, 0) is 37.5 Å². The zero-order chi connectivity index (χ0) is 21.1. The summed E-state index contributed by atoms with van der Waals surface area (Å²) in [5.74, 6) is 2.69. The molecule has 2 heterocycles. The van der Waals surface area contributed by atoms with Crippen molar-refractivity contribution in [1.82, 2.24) is 19.2 Å². The van der Waals surface area contributed by atoms with Crippen molar-refractivity contribution in [3.63, 3.8) is 0 Å². The minimum atomic E-state index is -0.00982. The fourth-order valence-electron chi connectivity index (χ4n) is 3.48. The molecule has 0 aliphatic carbocycles. The minimum absolute atomic E-state index is 0.00982. The molecule has 7 heteroatoms. The third kappa shape index (κ3) is 3.94. The molecule has 0 unspecified atom stereocenters. The van der Waals surface area contributed by atoms with E-state index in [1.54, 1.807) is 16.3 Å². The number of rotatable bonds is 8. The van der Waals surface area contributed by atoms with Crippen LogP contribution in [0.3, 0.4) is 0 Å². The summed E-state index contributed by atoms with van der Waals surface area (Å²) in [5.41, 5.74) is 1.94. The van der Waals surface area contributed by atoms with E-state index in [1.165, 1.54) is 0 Å². The highest BCUT2D eigenvalue weighted by Gasteiger charge is 2.17. The first-order valence-corrected chi connectivity index (χ1v) is 11.3. The van der Waals surface area contributed by atoms with Crippen LogP contribution in [0.25, 0.3) is 16.7 Å². The Hall–Kier alpha value is -2.80. The van der Waals surface area contributed by atoms with E-state index in [2.05, 4.69) is 30.1 Å². The quantitative estimate of drug-likeness (QED) is 0.382. The molecule has 156 valence electrons. The predicted octanol–water partition coefficient (Wildman–Crippen LogP) is 4.78. The minimum Gasteiger partial charge on any atom is -0.494 e. The Labute approximate surface area is 179 Å². The molecule has 2 aromatic heterocycles. The van der Waals surface area contributed by atoms with Crippen molar-refractivity contribution in [3.05, 3.63) is 64.4 Å². The number of thioether (sulfide) groups is 1. The normalized spacial score (nSPS) is 11.6. The van der Waals surface area contributed by atoms with Crippen molar-refractivity contribution < 1.29 is 4.74 Å². The Morgan fingerprint density at radius 1 is 1.07 bits per heavy atom. The summed E-state index contributed by atoms with van der Waals surface area (Å²) >= 11 is 1.60. The van der Waals surface area contributed by atoms with Gasteiger partial charge in [0.2, 0.25) is 5.78 Å².